The summed E-state index contributed by atoms with van der Waals surface area (Å²) in [5.41, 5.74) is 1.85. The molecule has 2 heterocycles. The average Bonchev–Trinajstić information content (AvgIpc) is 2.76. The molecule has 0 bridgehead atoms. The molecule has 0 aromatic carbocycles. The molecular formula is C16H21N3O4S. The van der Waals surface area contributed by atoms with Gasteiger partial charge in [-0.3, -0.25) is 9.59 Å². The average molecular weight is 351 g/mol. The van der Waals surface area contributed by atoms with Crippen LogP contribution in [-0.4, -0.2) is 41.7 Å². The second-order valence-electron chi connectivity index (χ2n) is 5.89. The quantitative estimate of drug-likeness (QED) is 0.751. The van der Waals surface area contributed by atoms with Gasteiger partial charge in [-0.2, -0.15) is 0 Å². The molecule has 0 aliphatic carbocycles. The van der Waals surface area contributed by atoms with Gasteiger partial charge in [-0.05, 0) is 26.0 Å². The molecule has 24 heavy (non-hydrogen) atoms. The summed E-state index contributed by atoms with van der Waals surface area (Å²) in [5, 5.41) is 0. The zero-order valence-electron chi connectivity index (χ0n) is 14.4. The van der Waals surface area contributed by atoms with E-state index in [0.717, 1.165) is 26.3 Å². The van der Waals surface area contributed by atoms with Crippen LogP contribution in [0.5, 0.6) is 0 Å². The first-order valence-corrected chi connectivity index (χ1v) is 8.79. The van der Waals surface area contributed by atoms with E-state index in [0.29, 0.717) is 5.56 Å². The third-order valence-corrected chi connectivity index (χ3v) is 5.92. The Morgan fingerprint density at radius 1 is 1.21 bits per heavy atom. The highest BCUT2D eigenvalue weighted by molar-refractivity contribution is 7.89. The lowest BCUT2D eigenvalue weighted by molar-refractivity contribution is 0.0970. The van der Waals surface area contributed by atoms with E-state index in [9.17, 15) is 18.0 Å². The molecule has 0 radical (unpaired) electrons. The lowest BCUT2D eigenvalue weighted by Crippen LogP contribution is -2.27. The minimum Gasteiger partial charge on any atom is -0.351 e. The fourth-order valence-electron chi connectivity index (χ4n) is 2.37. The molecule has 0 aliphatic heterocycles. The number of hydrogen-bond acceptors (Lipinski definition) is 4. The highest BCUT2D eigenvalue weighted by Gasteiger charge is 2.20. The van der Waals surface area contributed by atoms with Crippen molar-refractivity contribution >= 4 is 15.8 Å². The van der Waals surface area contributed by atoms with Crippen molar-refractivity contribution in [3.63, 3.8) is 0 Å². The highest BCUT2D eigenvalue weighted by Crippen LogP contribution is 2.15. The summed E-state index contributed by atoms with van der Waals surface area (Å²) >= 11 is 0. The van der Waals surface area contributed by atoms with E-state index in [-0.39, 0.29) is 17.2 Å². The molecule has 2 aromatic heterocycles. The summed E-state index contributed by atoms with van der Waals surface area (Å²) in [6, 6.07) is 4.17. The Morgan fingerprint density at radius 2 is 1.83 bits per heavy atom. The number of aromatic nitrogens is 2. The third kappa shape index (κ3) is 3.20. The molecule has 8 heteroatoms. The Kier molecular flexibility index (Phi) is 4.82. The highest BCUT2D eigenvalue weighted by atomic mass is 32.2. The first-order chi connectivity index (χ1) is 11.1. The van der Waals surface area contributed by atoms with E-state index in [4.69, 9.17) is 0 Å². The molecule has 0 saturated carbocycles. The van der Waals surface area contributed by atoms with E-state index in [1.807, 2.05) is 25.5 Å². The van der Waals surface area contributed by atoms with Gasteiger partial charge in [0.25, 0.3) is 5.56 Å². The molecule has 0 spiro atoms. The summed E-state index contributed by atoms with van der Waals surface area (Å²) in [4.78, 5) is 24.5. The van der Waals surface area contributed by atoms with Crippen LogP contribution in [0, 0.1) is 13.8 Å². The first-order valence-electron chi connectivity index (χ1n) is 7.35. The zero-order chi connectivity index (χ0) is 18.2. The normalized spacial score (nSPS) is 11.9. The number of nitrogens with zero attached hydrogens (tertiary/aromatic N) is 3. The smallest absolute Gasteiger partial charge is 0.251 e. The fourth-order valence-corrected chi connectivity index (χ4v) is 3.30. The molecular weight excluding hydrogens is 330 g/mol. The number of sulfonamides is 1. The van der Waals surface area contributed by atoms with Gasteiger partial charge in [-0.25, -0.2) is 12.7 Å². The molecule has 0 fully saturated rings. The molecule has 0 amide bonds. The van der Waals surface area contributed by atoms with E-state index < -0.39 is 15.6 Å². The minimum absolute atomic E-state index is 0.0270. The van der Waals surface area contributed by atoms with Gasteiger partial charge in [-0.15, -0.1) is 0 Å². The lowest BCUT2D eigenvalue weighted by Gasteiger charge is -2.13. The fraction of sp³-hybridized carbons (Fsp3) is 0.375. The Labute approximate surface area is 141 Å². The molecule has 0 saturated heterocycles. The van der Waals surface area contributed by atoms with Crippen molar-refractivity contribution in [2.75, 3.05) is 14.1 Å². The van der Waals surface area contributed by atoms with Crippen LogP contribution < -0.4 is 5.56 Å². The van der Waals surface area contributed by atoms with Crippen LogP contribution in [-0.2, 0) is 23.6 Å². The summed E-state index contributed by atoms with van der Waals surface area (Å²) in [6.45, 7) is 3.51. The number of ketones is 1. The van der Waals surface area contributed by atoms with Crippen LogP contribution in [0.2, 0.25) is 0 Å². The number of rotatable bonds is 5. The van der Waals surface area contributed by atoms with Crippen LogP contribution in [0.3, 0.4) is 0 Å². The standard InChI is InChI=1S/C16H21N3O4S/c1-11-8-14(12(2)18(11)5)15(20)10-19-9-13(6-7-16(19)21)24(22,23)17(3)4/h6-9H,10H2,1-5H3. The second kappa shape index (κ2) is 6.37. The number of pyridine rings is 1. The van der Waals surface area contributed by atoms with E-state index >= 15 is 0 Å². The molecule has 2 rings (SSSR count). The first kappa shape index (κ1) is 18.2. The number of carbonyl (C=O) groups is 1. The maximum Gasteiger partial charge on any atom is 0.251 e. The zero-order valence-corrected chi connectivity index (χ0v) is 15.2. The molecule has 0 aliphatic rings. The molecule has 0 atom stereocenters. The molecule has 7 nitrogen and oxygen atoms in total. The Bertz CT molecular complexity index is 952. The van der Waals surface area contributed by atoms with Crippen LogP contribution in [0.15, 0.2) is 34.1 Å². The SMILES string of the molecule is Cc1cc(C(=O)Cn2cc(S(=O)(=O)N(C)C)ccc2=O)c(C)n1C. The van der Waals surface area contributed by atoms with Crippen molar-refractivity contribution in [1.29, 1.82) is 0 Å². The van der Waals surface area contributed by atoms with Gasteiger partial charge >= 0.3 is 0 Å². The van der Waals surface area contributed by atoms with Crippen LogP contribution in [0.25, 0.3) is 0 Å². The van der Waals surface area contributed by atoms with E-state index in [1.165, 1.54) is 26.4 Å². The topological polar surface area (TPSA) is 81.4 Å². The van der Waals surface area contributed by atoms with Crippen LogP contribution in [0.1, 0.15) is 21.7 Å². The summed E-state index contributed by atoms with van der Waals surface area (Å²) in [7, 11) is 1.01. The Morgan fingerprint density at radius 3 is 2.33 bits per heavy atom. The minimum atomic E-state index is -3.67. The molecule has 0 N–H and O–H groups in total. The van der Waals surface area contributed by atoms with Crippen LogP contribution in [0.4, 0.5) is 0 Å². The molecule has 2 aromatic rings. The predicted octanol–water partition coefficient (Wildman–Crippen LogP) is 0.937. The number of hydrogen-bond donors (Lipinski definition) is 0. The van der Waals surface area contributed by atoms with E-state index in [1.54, 1.807) is 6.07 Å². The van der Waals surface area contributed by atoms with Crippen LogP contribution >= 0.6 is 0 Å². The maximum atomic E-state index is 12.5. The Balaban J connectivity index is 2.41. The largest absolute Gasteiger partial charge is 0.351 e. The van der Waals surface area contributed by atoms with Gasteiger partial charge in [0, 0.05) is 50.4 Å². The second-order valence-corrected chi connectivity index (χ2v) is 8.04. The van der Waals surface area contributed by atoms with Crippen molar-refractivity contribution in [3.8, 4) is 0 Å². The number of Topliss-reactive ketones (excluding diaryl/α,β-unsaturated/α-hetero) is 1. The van der Waals surface area contributed by atoms with Gasteiger partial charge in [0.1, 0.15) is 0 Å². The summed E-state index contributed by atoms with van der Waals surface area (Å²) in [6.07, 6.45) is 1.21. The summed E-state index contributed by atoms with van der Waals surface area (Å²) < 4.78 is 28.4. The van der Waals surface area contributed by atoms with Crippen molar-refractivity contribution in [2.45, 2.75) is 25.3 Å². The van der Waals surface area contributed by atoms with Gasteiger partial charge in [-0.1, -0.05) is 0 Å². The maximum absolute atomic E-state index is 12.5. The van der Waals surface area contributed by atoms with Crippen molar-refractivity contribution in [3.05, 3.63) is 51.7 Å². The van der Waals surface area contributed by atoms with Crippen molar-refractivity contribution < 1.29 is 13.2 Å². The Hall–Kier alpha value is -2.19. The molecule has 0 unspecified atom stereocenters. The van der Waals surface area contributed by atoms with E-state index in [2.05, 4.69) is 0 Å². The van der Waals surface area contributed by atoms with Gasteiger partial charge in [0.2, 0.25) is 10.0 Å². The predicted molar refractivity (Wildman–Crippen MR) is 90.8 cm³/mol. The lowest BCUT2D eigenvalue weighted by atomic mass is 10.1. The third-order valence-electron chi connectivity index (χ3n) is 4.12. The van der Waals surface area contributed by atoms with Crippen molar-refractivity contribution in [2.24, 2.45) is 7.05 Å². The number of aryl methyl sites for hydroxylation is 1. The van der Waals surface area contributed by atoms with Crippen molar-refractivity contribution in [1.82, 2.24) is 13.4 Å². The number of carbonyl (C=O) groups excluding carboxylic acids is 1. The summed E-state index contributed by atoms with van der Waals surface area (Å²) in [5.74, 6) is -0.238. The monoisotopic (exact) mass is 351 g/mol. The molecule has 130 valence electrons. The van der Waals surface area contributed by atoms with Gasteiger partial charge in [0.15, 0.2) is 5.78 Å². The van der Waals surface area contributed by atoms with Gasteiger partial charge < -0.3 is 9.13 Å². The van der Waals surface area contributed by atoms with Gasteiger partial charge in [0.05, 0.1) is 11.4 Å².